The van der Waals surface area contributed by atoms with Crippen LogP contribution in [0.5, 0.6) is 0 Å². The number of halogens is 1. The molecule has 0 heterocycles. The van der Waals surface area contributed by atoms with Crippen LogP contribution in [-0.2, 0) is 5.41 Å². The lowest BCUT2D eigenvalue weighted by Gasteiger charge is -2.50. The van der Waals surface area contributed by atoms with Gasteiger partial charge in [-0.3, -0.25) is 0 Å². The average molecular weight is 278 g/mol. The summed E-state index contributed by atoms with van der Waals surface area (Å²) in [4.78, 5) is 0. The van der Waals surface area contributed by atoms with Crippen molar-refractivity contribution in [1.29, 1.82) is 0 Å². The predicted molar refractivity (Wildman–Crippen MR) is 81.7 cm³/mol. The Hall–Kier alpha value is -0.530. The maximum atomic E-state index is 6.19. The summed E-state index contributed by atoms with van der Waals surface area (Å²) in [6.45, 7) is 5.82. The van der Waals surface area contributed by atoms with E-state index in [1.165, 1.54) is 31.2 Å². The van der Waals surface area contributed by atoms with Crippen molar-refractivity contribution in [1.82, 2.24) is 5.32 Å². The molecular formula is C17H24ClN. The standard InChI is InChI=1S/C17H24ClN/c1-12(2)13-9-17(10-13,11-19-16-6-7-16)14-4-3-5-15(18)8-14/h3-5,8,12-13,16,19H,6-7,9-11H2,1-2H3. The minimum Gasteiger partial charge on any atom is -0.313 e. The molecule has 104 valence electrons. The minimum absolute atomic E-state index is 0.336. The molecule has 0 unspecified atom stereocenters. The molecule has 1 nitrogen and oxygen atoms in total. The molecule has 0 atom stereocenters. The van der Waals surface area contributed by atoms with Gasteiger partial charge in [0.2, 0.25) is 0 Å². The Kier molecular flexibility index (Phi) is 3.61. The summed E-state index contributed by atoms with van der Waals surface area (Å²) in [5.74, 6) is 1.67. The Labute approximate surface area is 121 Å². The minimum atomic E-state index is 0.336. The lowest BCUT2D eigenvalue weighted by atomic mass is 9.56. The molecule has 2 fully saturated rings. The lowest BCUT2D eigenvalue weighted by molar-refractivity contribution is 0.0973. The number of nitrogens with one attached hydrogen (secondary N) is 1. The summed E-state index contributed by atoms with van der Waals surface area (Å²) in [6, 6.07) is 9.29. The summed E-state index contributed by atoms with van der Waals surface area (Å²) in [7, 11) is 0. The summed E-state index contributed by atoms with van der Waals surface area (Å²) >= 11 is 6.19. The molecule has 3 rings (SSSR count). The quantitative estimate of drug-likeness (QED) is 0.841. The third kappa shape index (κ3) is 2.83. The molecule has 0 aliphatic heterocycles. The number of hydrogen-bond acceptors (Lipinski definition) is 1. The number of rotatable bonds is 5. The molecule has 0 aromatic heterocycles. The van der Waals surface area contributed by atoms with Crippen LogP contribution in [0.3, 0.4) is 0 Å². The molecule has 2 saturated carbocycles. The normalized spacial score (nSPS) is 30.4. The SMILES string of the molecule is CC(C)C1CC(CNC2CC2)(c2cccc(Cl)c2)C1. The van der Waals surface area contributed by atoms with Gasteiger partial charge in [-0.2, -0.15) is 0 Å². The van der Waals surface area contributed by atoms with Crippen molar-refractivity contribution in [2.45, 2.75) is 51.0 Å². The third-order valence-corrected chi connectivity index (χ3v) is 5.23. The van der Waals surface area contributed by atoms with E-state index in [4.69, 9.17) is 11.6 Å². The van der Waals surface area contributed by atoms with Gasteiger partial charge in [-0.1, -0.05) is 37.6 Å². The van der Waals surface area contributed by atoms with Crippen LogP contribution < -0.4 is 5.32 Å². The summed E-state index contributed by atoms with van der Waals surface area (Å²) in [5.41, 5.74) is 1.77. The second-order valence-corrected chi connectivity index (χ2v) is 7.29. The van der Waals surface area contributed by atoms with Gasteiger partial charge in [0.1, 0.15) is 0 Å². The average Bonchev–Trinajstić information content (AvgIpc) is 3.11. The zero-order chi connectivity index (χ0) is 13.5. The van der Waals surface area contributed by atoms with Gasteiger partial charge in [-0.05, 0) is 55.2 Å². The van der Waals surface area contributed by atoms with Crippen molar-refractivity contribution < 1.29 is 0 Å². The van der Waals surface area contributed by atoms with Gasteiger partial charge >= 0.3 is 0 Å². The maximum Gasteiger partial charge on any atom is 0.0408 e. The van der Waals surface area contributed by atoms with Crippen LogP contribution >= 0.6 is 11.6 Å². The maximum absolute atomic E-state index is 6.19. The van der Waals surface area contributed by atoms with Crippen molar-refractivity contribution in [3.63, 3.8) is 0 Å². The van der Waals surface area contributed by atoms with Crippen molar-refractivity contribution >= 4 is 11.6 Å². The van der Waals surface area contributed by atoms with Crippen molar-refractivity contribution in [2.75, 3.05) is 6.54 Å². The Bertz CT molecular complexity index is 439. The van der Waals surface area contributed by atoms with Crippen LogP contribution in [0.15, 0.2) is 24.3 Å². The Morgan fingerprint density at radius 2 is 2.05 bits per heavy atom. The smallest absolute Gasteiger partial charge is 0.0408 e. The van der Waals surface area contributed by atoms with Crippen LogP contribution in [0.25, 0.3) is 0 Å². The molecule has 2 aliphatic carbocycles. The molecule has 2 heteroatoms. The first-order chi connectivity index (χ1) is 9.09. The molecule has 0 spiro atoms. The molecule has 0 saturated heterocycles. The molecule has 1 aromatic carbocycles. The van der Waals surface area contributed by atoms with E-state index in [0.29, 0.717) is 5.41 Å². The first kappa shape index (κ1) is 13.5. The van der Waals surface area contributed by atoms with Crippen LogP contribution in [-0.4, -0.2) is 12.6 Å². The zero-order valence-corrected chi connectivity index (χ0v) is 12.7. The molecule has 0 radical (unpaired) electrons. The van der Waals surface area contributed by atoms with E-state index in [0.717, 1.165) is 29.4 Å². The monoisotopic (exact) mass is 277 g/mol. The Balaban J connectivity index is 1.76. The summed E-state index contributed by atoms with van der Waals surface area (Å²) < 4.78 is 0. The van der Waals surface area contributed by atoms with Gasteiger partial charge in [0.15, 0.2) is 0 Å². The van der Waals surface area contributed by atoms with Crippen molar-refractivity contribution in [2.24, 2.45) is 11.8 Å². The molecule has 19 heavy (non-hydrogen) atoms. The van der Waals surface area contributed by atoms with Gasteiger partial charge < -0.3 is 5.32 Å². The zero-order valence-electron chi connectivity index (χ0n) is 12.0. The highest BCUT2D eigenvalue weighted by atomic mass is 35.5. The Morgan fingerprint density at radius 3 is 2.63 bits per heavy atom. The number of hydrogen-bond donors (Lipinski definition) is 1. The van der Waals surface area contributed by atoms with E-state index >= 15 is 0 Å². The second-order valence-electron chi connectivity index (χ2n) is 6.86. The fourth-order valence-corrected chi connectivity index (χ4v) is 3.53. The first-order valence-electron chi connectivity index (χ1n) is 7.58. The van der Waals surface area contributed by atoms with Crippen LogP contribution in [0.1, 0.15) is 45.1 Å². The fourth-order valence-electron chi connectivity index (χ4n) is 3.34. The summed E-state index contributed by atoms with van der Waals surface area (Å²) in [6.07, 6.45) is 5.34. The van der Waals surface area contributed by atoms with Crippen LogP contribution in [0, 0.1) is 11.8 Å². The van der Waals surface area contributed by atoms with Crippen LogP contribution in [0.4, 0.5) is 0 Å². The molecular weight excluding hydrogens is 254 g/mol. The first-order valence-corrected chi connectivity index (χ1v) is 7.96. The molecule has 1 N–H and O–H groups in total. The second kappa shape index (κ2) is 5.10. The molecule has 0 bridgehead atoms. The van der Waals surface area contributed by atoms with E-state index in [9.17, 15) is 0 Å². The van der Waals surface area contributed by atoms with Gasteiger partial charge in [0.05, 0.1) is 0 Å². The highest BCUT2D eigenvalue weighted by molar-refractivity contribution is 6.30. The highest BCUT2D eigenvalue weighted by Gasteiger charge is 2.46. The van der Waals surface area contributed by atoms with Crippen molar-refractivity contribution in [3.05, 3.63) is 34.9 Å². The lowest BCUT2D eigenvalue weighted by Crippen LogP contribution is -2.50. The van der Waals surface area contributed by atoms with E-state index in [1.807, 2.05) is 6.07 Å². The van der Waals surface area contributed by atoms with Gasteiger partial charge in [-0.25, -0.2) is 0 Å². The van der Waals surface area contributed by atoms with E-state index in [1.54, 1.807) is 0 Å². The van der Waals surface area contributed by atoms with E-state index < -0.39 is 0 Å². The van der Waals surface area contributed by atoms with Crippen molar-refractivity contribution in [3.8, 4) is 0 Å². The van der Waals surface area contributed by atoms with Crippen LogP contribution in [0.2, 0.25) is 5.02 Å². The largest absolute Gasteiger partial charge is 0.313 e. The van der Waals surface area contributed by atoms with Gasteiger partial charge in [0, 0.05) is 23.0 Å². The molecule has 0 amide bonds. The van der Waals surface area contributed by atoms with E-state index in [-0.39, 0.29) is 0 Å². The Morgan fingerprint density at radius 1 is 1.32 bits per heavy atom. The molecule has 1 aromatic rings. The number of benzene rings is 1. The fraction of sp³-hybridized carbons (Fsp3) is 0.647. The van der Waals surface area contributed by atoms with Gasteiger partial charge in [-0.15, -0.1) is 0 Å². The molecule has 2 aliphatic rings. The predicted octanol–water partition coefficient (Wildman–Crippen LogP) is 4.40. The van der Waals surface area contributed by atoms with Gasteiger partial charge in [0.25, 0.3) is 0 Å². The summed E-state index contributed by atoms with van der Waals surface area (Å²) in [5, 5.41) is 4.61. The topological polar surface area (TPSA) is 12.0 Å². The highest BCUT2D eigenvalue weighted by Crippen LogP contribution is 2.50. The van der Waals surface area contributed by atoms with E-state index in [2.05, 4.69) is 37.4 Å². The third-order valence-electron chi connectivity index (χ3n) is 4.99.